The van der Waals surface area contributed by atoms with Gasteiger partial charge in [0.2, 0.25) is 0 Å². The van der Waals surface area contributed by atoms with Crippen LogP contribution in [0.3, 0.4) is 0 Å². The van der Waals surface area contributed by atoms with Gasteiger partial charge >= 0.3 is 0 Å². The molecule has 1 saturated heterocycles. The van der Waals surface area contributed by atoms with Gasteiger partial charge in [-0.05, 0) is 31.7 Å². The first-order chi connectivity index (χ1) is 8.09. The van der Waals surface area contributed by atoms with Crippen molar-refractivity contribution in [3.8, 4) is 0 Å². The van der Waals surface area contributed by atoms with Crippen molar-refractivity contribution in [1.29, 1.82) is 0 Å². The van der Waals surface area contributed by atoms with E-state index in [1.54, 1.807) is 0 Å². The molecule has 2 heteroatoms. The van der Waals surface area contributed by atoms with Crippen LogP contribution >= 0.6 is 0 Å². The molecule has 0 bridgehead atoms. The Morgan fingerprint density at radius 3 is 2.41 bits per heavy atom. The highest BCUT2D eigenvalue weighted by atomic mass is 15.2. The molecule has 0 amide bonds. The van der Waals surface area contributed by atoms with Gasteiger partial charge in [-0.15, -0.1) is 0 Å². The highest BCUT2D eigenvalue weighted by Gasteiger charge is 2.34. The van der Waals surface area contributed by atoms with Crippen LogP contribution in [0.25, 0.3) is 0 Å². The zero-order valence-corrected chi connectivity index (χ0v) is 11.1. The first kappa shape index (κ1) is 12.6. The highest BCUT2D eigenvalue weighted by Crippen LogP contribution is 2.28. The van der Waals surface area contributed by atoms with E-state index in [-0.39, 0.29) is 0 Å². The first-order valence-corrected chi connectivity index (χ1v) is 6.65. The first-order valence-electron chi connectivity index (χ1n) is 6.65. The molecule has 1 fully saturated rings. The molecule has 2 N–H and O–H groups in total. The summed E-state index contributed by atoms with van der Waals surface area (Å²) < 4.78 is 0. The van der Waals surface area contributed by atoms with E-state index < -0.39 is 0 Å². The van der Waals surface area contributed by atoms with E-state index in [2.05, 4.69) is 56.0 Å². The SMILES string of the molecule is C[C@@H]1C[C@H](N)[C@@H](C)N(Cc2ccccc2)[C@H]1C. The third-order valence-corrected chi connectivity index (χ3v) is 4.34. The van der Waals surface area contributed by atoms with E-state index in [1.165, 1.54) is 5.56 Å². The van der Waals surface area contributed by atoms with Crippen LogP contribution < -0.4 is 5.73 Å². The lowest BCUT2D eigenvalue weighted by Crippen LogP contribution is -2.56. The van der Waals surface area contributed by atoms with Crippen molar-refractivity contribution in [3.63, 3.8) is 0 Å². The highest BCUT2D eigenvalue weighted by molar-refractivity contribution is 5.15. The van der Waals surface area contributed by atoms with Gasteiger partial charge in [0, 0.05) is 24.7 Å². The number of likely N-dealkylation sites (tertiary alicyclic amines) is 1. The summed E-state index contributed by atoms with van der Waals surface area (Å²) in [7, 11) is 0. The molecule has 2 rings (SSSR count). The fourth-order valence-electron chi connectivity index (χ4n) is 2.85. The topological polar surface area (TPSA) is 29.3 Å². The van der Waals surface area contributed by atoms with Crippen molar-refractivity contribution in [3.05, 3.63) is 35.9 Å². The van der Waals surface area contributed by atoms with Gasteiger partial charge in [-0.1, -0.05) is 37.3 Å². The summed E-state index contributed by atoms with van der Waals surface area (Å²) in [6.07, 6.45) is 1.15. The monoisotopic (exact) mass is 232 g/mol. The van der Waals surface area contributed by atoms with Gasteiger partial charge in [-0.2, -0.15) is 0 Å². The molecular formula is C15H24N2. The minimum absolute atomic E-state index is 0.310. The third kappa shape index (κ3) is 2.70. The fraction of sp³-hybridized carbons (Fsp3) is 0.600. The lowest BCUT2D eigenvalue weighted by molar-refractivity contribution is 0.0425. The van der Waals surface area contributed by atoms with E-state index in [0.29, 0.717) is 24.0 Å². The molecule has 1 aliphatic rings. The summed E-state index contributed by atoms with van der Waals surface area (Å²) in [6.45, 7) is 7.92. The molecule has 0 radical (unpaired) electrons. The molecule has 0 unspecified atom stereocenters. The molecular weight excluding hydrogens is 208 g/mol. The van der Waals surface area contributed by atoms with Gasteiger partial charge in [-0.25, -0.2) is 0 Å². The molecule has 1 heterocycles. The Bertz CT molecular complexity index is 335. The van der Waals surface area contributed by atoms with Gasteiger partial charge in [0.25, 0.3) is 0 Å². The fourth-order valence-corrected chi connectivity index (χ4v) is 2.85. The summed E-state index contributed by atoms with van der Waals surface area (Å²) in [4.78, 5) is 2.55. The second kappa shape index (κ2) is 5.19. The second-order valence-electron chi connectivity index (χ2n) is 5.52. The van der Waals surface area contributed by atoms with Crippen molar-refractivity contribution in [1.82, 2.24) is 4.90 Å². The van der Waals surface area contributed by atoms with Gasteiger partial charge in [0.05, 0.1) is 0 Å². The lowest BCUT2D eigenvalue weighted by Gasteiger charge is -2.46. The standard InChI is InChI=1S/C15H24N2/c1-11-9-15(16)13(3)17(12(11)2)10-14-7-5-4-6-8-14/h4-8,11-13,15H,9-10,16H2,1-3H3/t11-,12+,13-,15+/m1/s1. The Kier molecular flexibility index (Phi) is 3.85. The van der Waals surface area contributed by atoms with Gasteiger partial charge in [0.1, 0.15) is 0 Å². The maximum Gasteiger partial charge on any atom is 0.0240 e. The molecule has 0 aromatic heterocycles. The molecule has 0 aliphatic carbocycles. The van der Waals surface area contributed by atoms with Gasteiger partial charge < -0.3 is 5.73 Å². The average molecular weight is 232 g/mol. The summed E-state index contributed by atoms with van der Waals surface area (Å²) in [5, 5.41) is 0. The Labute approximate surface area is 105 Å². The number of hydrogen-bond donors (Lipinski definition) is 1. The quantitative estimate of drug-likeness (QED) is 0.849. The minimum Gasteiger partial charge on any atom is -0.326 e. The number of hydrogen-bond acceptors (Lipinski definition) is 2. The molecule has 1 aliphatic heterocycles. The number of rotatable bonds is 2. The Hall–Kier alpha value is -0.860. The molecule has 2 nitrogen and oxygen atoms in total. The van der Waals surface area contributed by atoms with E-state index in [4.69, 9.17) is 5.73 Å². The average Bonchev–Trinajstić information content (AvgIpc) is 2.33. The van der Waals surface area contributed by atoms with Crippen LogP contribution in [0.15, 0.2) is 30.3 Å². The van der Waals surface area contributed by atoms with Crippen molar-refractivity contribution < 1.29 is 0 Å². The van der Waals surface area contributed by atoms with E-state index in [1.807, 2.05) is 0 Å². The molecule has 1 aromatic rings. The van der Waals surface area contributed by atoms with Gasteiger partial charge in [-0.3, -0.25) is 4.90 Å². The predicted octanol–water partition coefficient (Wildman–Crippen LogP) is 2.63. The normalized spacial score (nSPS) is 34.8. The molecule has 0 spiro atoms. The molecule has 1 aromatic carbocycles. The predicted molar refractivity (Wildman–Crippen MR) is 72.7 cm³/mol. The zero-order chi connectivity index (χ0) is 12.4. The zero-order valence-electron chi connectivity index (χ0n) is 11.1. The molecule has 94 valence electrons. The summed E-state index contributed by atoms with van der Waals surface area (Å²) in [5.74, 6) is 0.685. The summed E-state index contributed by atoms with van der Waals surface area (Å²) in [5.41, 5.74) is 7.62. The van der Waals surface area contributed by atoms with Crippen LogP contribution in [-0.2, 0) is 6.54 Å². The van der Waals surface area contributed by atoms with E-state index in [9.17, 15) is 0 Å². The van der Waals surface area contributed by atoms with E-state index >= 15 is 0 Å². The van der Waals surface area contributed by atoms with Crippen LogP contribution in [0.1, 0.15) is 32.8 Å². The van der Waals surface area contributed by atoms with E-state index in [0.717, 1.165) is 13.0 Å². The number of nitrogens with two attached hydrogens (primary N) is 1. The maximum atomic E-state index is 6.23. The van der Waals surface area contributed by atoms with Crippen molar-refractivity contribution in [2.24, 2.45) is 11.7 Å². The number of benzene rings is 1. The summed E-state index contributed by atoms with van der Waals surface area (Å²) in [6, 6.07) is 12.1. The van der Waals surface area contributed by atoms with Gasteiger partial charge in [0.15, 0.2) is 0 Å². The van der Waals surface area contributed by atoms with Crippen molar-refractivity contribution in [2.75, 3.05) is 0 Å². The summed E-state index contributed by atoms with van der Waals surface area (Å²) >= 11 is 0. The van der Waals surface area contributed by atoms with Crippen LogP contribution in [0.2, 0.25) is 0 Å². The lowest BCUT2D eigenvalue weighted by atomic mass is 9.84. The largest absolute Gasteiger partial charge is 0.326 e. The second-order valence-corrected chi connectivity index (χ2v) is 5.52. The Morgan fingerprint density at radius 1 is 1.12 bits per heavy atom. The Morgan fingerprint density at radius 2 is 1.76 bits per heavy atom. The van der Waals surface area contributed by atoms with Crippen LogP contribution in [-0.4, -0.2) is 23.0 Å². The van der Waals surface area contributed by atoms with Crippen LogP contribution in [0.5, 0.6) is 0 Å². The number of piperidine rings is 1. The molecule has 0 saturated carbocycles. The van der Waals surface area contributed by atoms with Crippen molar-refractivity contribution >= 4 is 0 Å². The number of nitrogens with zero attached hydrogens (tertiary/aromatic N) is 1. The smallest absolute Gasteiger partial charge is 0.0240 e. The Balaban J connectivity index is 2.12. The van der Waals surface area contributed by atoms with Crippen LogP contribution in [0, 0.1) is 5.92 Å². The molecule has 4 atom stereocenters. The molecule has 17 heavy (non-hydrogen) atoms. The van der Waals surface area contributed by atoms with Crippen LogP contribution in [0.4, 0.5) is 0 Å². The van der Waals surface area contributed by atoms with Crippen molar-refractivity contribution in [2.45, 2.75) is 51.9 Å². The third-order valence-electron chi connectivity index (χ3n) is 4.34. The minimum atomic E-state index is 0.310. The maximum absolute atomic E-state index is 6.23.